The zero-order valence-corrected chi connectivity index (χ0v) is 56.6. The molecule has 24 nitrogen and oxygen atoms in total. The van der Waals surface area contributed by atoms with E-state index >= 15 is 0 Å². The molecule has 0 bridgehead atoms. The number of carbonyl (C=O) groups is 3. The maximum atomic E-state index is 12.9. The Balaban J connectivity index is 0.000000133. The number of aromatic nitrogens is 6. The van der Waals surface area contributed by atoms with E-state index in [1.54, 1.807) is 40.3 Å². The van der Waals surface area contributed by atoms with Gasteiger partial charge in [-0.25, -0.2) is 28.5 Å². The van der Waals surface area contributed by atoms with Gasteiger partial charge in [-0.1, -0.05) is 18.2 Å². The number of sulfonamides is 3. The Hall–Kier alpha value is -7.17. The number of carbonyl (C=O) groups excluding carboxylic acids is 3. The Morgan fingerprint density at radius 1 is 0.489 bits per heavy atom. The normalized spacial score (nSPS) is 18.0. The second-order valence-corrected chi connectivity index (χ2v) is 31.6. The lowest BCUT2D eigenvalue weighted by Crippen LogP contribution is -2.35. The van der Waals surface area contributed by atoms with Crippen LogP contribution in [0.3, 0.4) is 0 Å². The lowest BCUT2D eigenvalue weighted by Gasteiger charge is -2.28. The Morgan fingerprint density at radius 3 is 1.22 bits per heavy atom. The van der Waals surface area contributed by atoms with Gasteiger partial charge in [0.1, 0.15) is 0 Å². The highest BCUT2D eigenvalue weighted by molar-refractivity contribution is 7.90. The van der Waals surface area contributed by atoms with Crippen LogP contribution in [0, 0.1) is 0 Å². The minimum absolute atomic E-state index is 0.102. The lowest BCUT2D eigenvalue weighted by atomic mass is 9.99. The maximum absolute atomic E-state index is 12.9. The van der Waals surface area contributed by atoms with Gasteiger partial charge >= 0.3 is 18.1 Å². The molecule has 1 saturated carbocycles. The number of benzene rings is 3. The van der Waals surface area contributed by atoms with Gasteiger partial charge in [0.05, 0.1) is 23.0 Å². The summed E-state index contributed by atoms with van der Waals surface area (Å²) in [6.45, 7) is 1.46. The van der Waals surface area contributed by atoms with Crippen molar-refractivity contribution in [3.8, 4) is 0 Å². The van der Waals surface area contributed by atoms with E-state index in [0.29, 0.717) is 13.0 Å². The Morgan fingerprint density at radius 2 is 0.859 bits per heavy atom. The molecule has 0 radical (unpaired) electrons. The van der Waals surface area contributed by atoms with E-state index in [1.807, 2.05) is 47.2 Å². The highest BCUT2D eigenvalue weighted by Crippen LogP contribution is 2.50. The van der Waals surface area contributed by atoms with Gasteiger partial charge in [0.25, 0.3) is 30.1 Å². The molecule has 1 fully saturated rings. The smallest absolute Gasteiger partial charge is 0.309 e. The van der Waals surface area contributed by atoms with Crippen molar-refractivity contribution in [2.24, 2.45) is 14.1 Å². The molecule has 0 saturated heterocycles. The second-order valence-electron chi connectivity index (χ2n) is 26.7. The summed E-state index contributed by atoms with van der Waals surface area (Å²) in [7, 11) is 3.08. The molecule has 3 aromatic heterocycles. The van der Waals surface area contributed by atoms with Crippen molar-refractivity contribution in [1.29, 1.82) is 0 Å². The molecule has 14 rings (SSSR count). The van der Waals surface area contributed by atoms with Crippen molar-refractivity contribution < 1.29 is 39.6 Å². The summed E-state index contributed by atoms with van der Waals surface area (Å²) in [5, 5.41) is 20.9. The fraction of sp³-hybridized carbons (Fsp3) is 0.538. The maximum Gasteiger partial charge on any atom is 0.333 e. The number of amides is 6. The van der Waals surface area contributed by atoms with E-state index in [-0.39, 0.29) is 26.7 Å². The average molecular weight is 1320 g/mol. The predicted molar refractivity (Wildman–Crippen MR) is 351 cm³/mol. The van der Waals surface area contributed by atoms with E-state index in [4.69, 9.17) is 0 Å². The quantitative estimate of drug-likeness (QED) is 0.0591. The number of rotatable bonds is 15. The molecule has 0 spiro atoms. The van der Waals surface area contributed by atoms with Gasteiger partial charge in [-0.3, -0.25) is 18.9 Å². The van der Waals surface area contributed by atoms with E-state index in [1.165, 1.54) is 50.6 Å². The molecular formula is C65H87N15O9S3. The second kappa shape index (κ2) is 25.6. The van der Waals surface area contributed by atoms with Crippen LogP contribution in [0.15, 0.2) is 51.5 Å². The van der Waals surface area contributed by atoms with Crippen molar-refractivity contribution in [3.63, 3.8) is 0 Å². The summed E-state index contributed by atoms with van der Waals surface area (Å²) in [6, 6.07) is 9.47. The summed E-state index contributed by atoms with van der Waals surface area (Å²) in [5.41, 5.74) is 19.5. The third kappa shape index (κ3) is 13.1. The molecule has 92 heavy (non-hydrogen) atoms. The van der Waals surface area contributed by atoms with Crippen LogP contribution in [-0.2, 0) is 140 Å². The van der Waals surface area contributed by atoms with Crippen molar-refractivity contribution in [2.45, 2.75) is 181 Å². The first-order valence-corrected chi connectivity index (χ1v) is 36.9. The van der Waals surface area contributed by atoms with E-state index < -0.39 is 48.2 Å². The van der Waals surface area contributed by atoms with Gasteiger partial charge in [0.15, 0.2) is 15.1 Å². The largest absolute Gasteiger partial charge is 0.333 e. The Labute approximate surface area is 540 Å². The van der Waals surface area contributed by atoms with Crippen molar-refractivity contribution in [2.75, 3.05) is 64.8 Å². The molecule has 6 amide bonds. The topological polar surface area (TPSA) is 289 Å². The van der Waals surface area contributed by atoms with Gasteiger partial charge in [-0.15, -0.1) is 0 Å². The number of aryl methyl sites for hydroxylation is 9. The number of hydrogen-bond acceptors (Lipinski definition) is 15. The summed E-state index contributed by atoms with van der Waals surface area (Å²) >= 11 is 0. The van der Waals surface area contributed by atoms with Gasteiger partial charge in [0.2, 0.25) is 0 Å². The summed E-state index contributed by atoms with van der Waals surface area (Å²) < 4.78 is 88.6. The molecule has 4 heterocycles. The third-order valence-corrected chi connectivity index (χ3v) is 23.5. The van der Waals surface area contributed by atoms with Crippen molar-refractivity contribution >= 4 is 65.2 Å². The SMILES string of the molecule is CN(C)C1(c2cc(S(=O)(=O)NC(=O)Nc3c4c(cc5c3CCC5)CCC4)nn2C)CC1.CN(C)C1CCCn2nc(S(=O)(=O)NC(=O)Nc3c4c(cc5c3CCC5)CCC4)cc21.CN(C)CCc1cc(S(=O)(=O)NC(=O)Nc2c3c(cc4c2CCC4)CCC3)nn1C. The van der Waals surface area contributed by atoms with E-state index in [0.717, 1.165) is 204 Å². The van der Waals surface area contributed by atoms with E-state index in [2.05, 4.69) is 73.4 Å². The number of anilines is 3. The highest BCUT2D eigenvalue weighted by Gasteiger charge is 2.49. The fourth-order valence-corrected chi connectivity index (χ4v) is 17.9. The molecule has 1 aliphatic heterocycles. The van der Waals surface area contributed by atoms with Crippen LogP contribution < -0.4 is 30.1 Å². The monoisotopic (exact) mass is 1320 g/mol. The van der Waals surface area contributed by atoms with Crippen LogP contribution >= 0.6 is 0 Å². The molecule has 8 aliphatic rings. The molecule has 6 aromatic rings. The molecule has 7 aliphatic carbocycles. The van der Waals surface area contributed by atoms with Crippen molar-refractivity contribution in [1.82, 2.24) is 58.2 Å². The van der Waals surface area contributed by atoms with Gasteiger partial charge in [-0.2, -0.15) is 40.5 Å². The van der Waals surface area contributed by atoms with Crippen molar-refractivity contribution in [3.05, 3.63) is 120 Å². The first-order valence-electron chi connectivity index (χ1n) is 32.4. The number of nitrogens with one attached hydrogen (secondary N) is 6. The zero-order valence-electron chi connectivity index (χ0n) is 54.1. The summed E-state index contributed by atoms with van der Waals surface area (Å²) in [4.78, 5) is 44.4. The van der Waals surface area contributed by atoms with Crippen LogP contribution in [0.4, 0.5) is 31.4 Å². The fourth-order valence-electron chi connectivity index (χ4n) is 15.2. The molecule has 6 N–H and O–H groups in total. The highest BCUT2D eigenvalue weighted by atomic mass is 32.2. The molecule has 27 heteroatoms. The molecule has 494 valence electrons. The summed E-state index contributed by atoms with van der Waals surface area (Å²) in [5.74, 6) is 0. The lowest BCUT2D eigenvalue weighted by molar-refractivity contribution is 0.236. The first kappa shape index (κ1) is 64.9. The third-order valence-electron chi connectivity index (χ3n) is 19.9. The number of fused-ring (bicyclic) bond motifs is 7. The van der Waals surface area contributed by atoms with Gasteiger partial charge in [-0.05, 0) is 250 Å². The Bertz CT molecular complexity index is 4060. The summed E-state index contributed by atoms with van der Waals surface area (Å²) in [6.07, 6.45) is 22.5. The number of urea groups is 3. The number of likely N-dealkylation sites (N-methyl/N-ethyl adjacent to an activating group) is 1. The van der Waals surface area contributed by atoms with E-state index in [9.17, 15) is 39.6 Å². The molecule has 3 aromatic carbocycles. The van der Waals surface area contributed by atoms with Crippen LogP contribution in [-0.4, -0.2) is 136 Å². The number of hydrogen-bond donors (Lipinski definition) is 6. The minimum atomic E-state index is -4.08. The van der Waals surface area contributed by atoms with Crippen LogP contribution in [0.25, 0.3) is 0 Å². The first-order chi connectivity index (χ1) is 43.8. The van der Waals surface area contributed by atoms with Crippen LogP contribution in [0.2, 0.25) is 0 Å². The average Bonchev–Trinajstić information content (AvgIpc) is 1.58. The van der Waals surface area contributed by atoms with Gasteiger partial charge < -0.3 is 25.8 Å². The van der Waals surface area contributed by atoms with Crippen LogP contribution in [0.1, 0.15) is 154 Å². The molecular weight excluding hydrogens is 1230 g/mol. The van der Waals surface area contributed by atoms with Gasteiger partial charge in [0, 0.05) is 74.6 Å². The predicted octanol–water partition coefficient (Wildman–Crippen LogP) is 7.24. The number of nitrogens with zero attached hydrogens (tertiary/aromatic N) is 9. The molecule has 1 atom stereocenters. The van der Waals surface area contributed by atoms with Crippen LogP contribution in [0.5, 0.6) is 0 Å². The zero-order chi connectivity index (χ0) is 65.2. The minimum Gasteiger partial charge on any atom is -0.309 e. The molecule has 1 unspecified atom stereocenters. The standard InChI is InChI=1S/2C22H29N5O3S.C21H29N5O3S/c1-26(2)22(10-11-22)18-13-19(24-27(18)3)31(29,30)25-21(28)23-20-16-8-4-6-14(16)12-15-7-5-9-17(15)20;1-26(2)18-10-5-11-27-19(18)13-20(24-27)31(29,30)25-22(28)23-21-16-8-3-6-14(16)12-15-7-4-9-17(15)21;1-25(2)11-10-16-13-19(23-26(16)3)30(28,29)24-21(27)22-20-17-8-4-6-14(17)12-15-7-5-9-18(15)20/h12-13H,4-11H2,1-3H3,(H2,23,25,28);12-13,18H,3-11H2,1-2H3,(H2,23,25,28);12-13H,4-11H2,1-3H3,(H2,22,24,27). The Kier molecular flexibility index (Phi) is 18.1.